The van der Waals surface area contributed by atoms with Gasteiger partial charge in [0.1, 0.15) is 11.6 Å². The van der Waals surface area contributed by atoms with E-state index in [9.17, 15) is 19.1 Å². The molecule has 0 saturated carbocycles. The van der Waals surface area contributed by atoms with Gasteiger partial charge in [0.25, 0.3) is 5.91 Å². The number of hydrogen-bond acceptors (Lipinski definition) is 7. The summed E-state index contributed by atoms with van der Waals surface area (Å²) in [6, 6.07) is 22.3. The first-order chi connectivity index (χ1) is 22.2. The number of esters is 1. The van der Waals surface area contributed by atoms with Gasteiger partial charge in [-0.15, -0.1) is 0 Å². The molecular formula is C37H47FN4O4. The van der Waals surface area contributed by atoms with Gasteiger partial charge < -0.3 is 14.7 Å². The number of phenolic OH excluding ortho intramolecular Hbond substituents is 1. The maximum atomic E-state index is 13.9. The lowest BCUT2D eigenvalue weighted by atomic mass is 9.92. The summed E-state index contributed by atoms with van der Waals surface area (Å²) in [7, 11) is 0. The zero-order chi connectivity index (χ0) is 32.6. The number of ether oxygens (including phenoxy) is 1. The first-order valence-corrected chi connectivity index (χ1v) is 16.5. The molecule has 2 aliphatic rings. The van der Waals surface area contributed by atoms with Crippen LogP contribution in [0.15, 0.2) is 72.8 Å². The van der Waals surface area contributed by atoms with Crippen LogP contribution >= 0.6 is 0 Å². The number of rotatable bonds is 11. The molecule has 2 aliphatic heterocycles. The Bertz CT molecular complexity index is 1480. The molecule has 0 bridgehead atoms. The second-order valence-electron chi connectivity index (χ2n) is 12.6. The third-order valence-corrected chi connectivity index (χ3v) is 9.22. The van der Waals surface area contributed by atoms with E-state index in [0.29, 0.717) is 38.2 Å². The molecule has 3 aromatic rings. The number of carbonyl (C=O) groups is 2. The molecule has 3 atom stereocenters. The van der Waals surface area contributed by atoms with Crippen LogP contribution in [-0.2, 0) is 16.1 Å². The van der Waals surface area contributed by atoms with Crippen LogP contribution in [0, 0.1) is 5.82 Å². The summed E-state index contributed by atoms with van der Waals surface area (Å²) in [5.41, 5.74) is 3.59. The van der Waals surface area contributed by atoms with Gasteiger partial charge in [0.05, 0.1) is 12.6 Å². The van der Waals surface area contributed by atoms with Crippen molar-refractivity contribution in [2.24, 2.45) is 0 Å². The van der Waals surface area contributed by atoms with Crippen molar-refractivity contribution in [2.45, 2.75) is 58.3 Å². The maximum absolute atomic E-state index is 13.9. The SMILES string of the molecule is CCOC(=O)CCCN1CCN(C(=O)c2cccc(C(c3cccc(O)c3)N3C[C@@H](C)N(Cc4cccc(F)c4)C[C@H]3C)c2)CC1. The third-order valence-electron chi connectivity index (χ3n) is 9.22. The number of aromatic hydroxyl groups is 1. The molecule has 9 heteroatoms. The summed E-state index contributed by atoms with van der Waals surface area (Å²) >= 11 is 0. The second kappa shape index (κ2) is 15.7. The first kappa shape index (κ1) is 33.6. The fourth-order valence-corrected chi connectivity index (χ4v) is 6.82. The predicted molar refractivity (Wildman–Crippen MR) is 177 cm³/mol. The predicted octanol–water partition coefficient (Wildman–Crippen LogP) is 5.32. The zero-order valence-electron chi connectivity index (χ0n) is 27.3. The van der Waals surface area contributed by atoms with Crippen LogP contribution in [0.1, 0.15) is 66.7 Å². The van der Waals surface area contributed by atoms with E-state index >= 15 is 0 Å². The van der Waals surface area contributed by atoms with Gasteiger partial charge in [0, 0.05) is 69.9 Å². The molecule has 8 nitrogen and oxygen atoms in total. The Balaban J connectivity index is 1.29. The third kappa shape index (κ3) is 8.51. The molecule has 1 unspecified atom stereocenters. The van der Waals surface area contributed by atoms with Crippen molar-refractivity contribution < 1.29 is 23.8 Å². The van der Waals surface area contributed by atoms with Gasteiger partial charge in [-0.2, -0.15) is 0 Å². The number of hydrogen-bond donors (Lipinski definition) is 1. The standard InChI is InChI=1S/C37H47FN4O4/c1-4-46-35(44)15-8-16-39-17-19-40(20-18-39)37(45)32-12-6-10-30(22-32)36(31-11-7-14-34(43)23-31)42-25-27(2)41(24-28(42)3)26-29-9-5-13-33(38)21-29/h5-7,9-14,21-23,27-28,36,43H,4,8,15-20,24-26H2,1-3H3/t27-,28-,36?/m1/s1. The van der Waals surface area contributed by atoms with Crippen molar-refractivity contribution in [2.75, 3.05) is 52.4 Å². The van der Waals surface area contributed by atoms with E-state index in [1.54, 1.807) is 18.2 Å². The Morgan fingerprint density at radius 2 is 1.63 bits per heavy atom. The number of benzene rings is 3. The van der Waals surface area contributed by atoms with Crippen LogP contribution < -0.4 is 0 Å². The molecule has 0 aromatic heterocycles. The molecular weight excluding hydrogens is 583 g/mol. The number of amides is 1. The molecule has 2 heterocycles. The highest BCUT2D eigenvalue weighted by molar-refractivity contribution is 5.94. The minimum atomic E-state index is -0.219. The number of halogens is 1. The van der Waals surface area contributed by atoms with E-state index in [4.69, 9.17) is 4.74 Å². The largest absolute Gasteiger partial charge is 0.508 e. The summed E-state index contributed by atoms with van der Waals surface area (Å²) in [4.78, 5) is 34.5. The lowest BCUT2D eigenvalue weighted by Gasteiger charge is -2.47. The van der Waals surface area contributed by atoms with Crippen LogP contribution in [0.5, 0.6) is 5.75 Å². The average molecular weight is 631 g/mol. The summed E-state index contributed by atoms with van der Waals surface area (Å²) in [5, 5.41) is 10.4. The van der Waals surface area contributed by atoms with Crippen molar-refractivity contribution in [3.63, 3.8) is 0 Å². The van der Waals surface area contributed by atoms with Crippen molar-refractivity contribution >= 4 is 11.9 Å². The molecule has 3 aromatic carbocycles. The fourth-order valence-electron chi connectivity index (χ4n) is 6.82. The molecule has 2 saturated heterocycles. The highest BCUT2D eigenvalue weighted by atomic mass is 19.1. The normalized spacial score (nSPS) is 20.4. The highest BCUT2D eigenvalue weighted by Crippen LogP contribution is 2.35. The molecule has 46 heavy (non-hydrogen) atoms. The van der Waals surface area contributed by atoms with Gasteiger partial charge in [0.2, 0.25) is 0 Å². The molecule has 5 rings (SSSR count). The van der Waals surface area contributed by atoms with Crippen LogP contribution in [0.3, 0.4) is 0 Å². The lowest BCUT2D eigenvalue weighted by Crippen LogP contribution is -2.56. The summed E-state index contributed by atoms with van der Waals surface area (Å²) in [5.74, 6) is -0.151. The Morgan fingerprint density at radius 1 is 0.913 bits per heavy atom. The molecule has 0 spiro atoms. The number of carbonyl (C=O) groups excluding carboxylic acids is 2. The van der Waals surface area contributed by atoms with Crippen LogP contribution in [0.4, 0.5) is 4.39 Å². The Labute approximate surface area is 272 Å². The van der Waals surface area contributed by atoms with E-state index in [2.05, 4.69) is 34.6 Å². The van der Waals surface area contributed by atoms with E-state index in [-0.39, 0.29) is 41.6 Å². The molecule has 1 N–H and O–H groups in total. The van der Waals surface area contributed by atoms with Crippen molar-refractivity contribution in [3.8, 4) is 5.75 Å². The molecule has 0 aliphatic carbocycles. The van der Waals surface area contributed by atoms with Crippen molar-refractivity contribution in [3.05, 3.63) is 101 Å². The quantitative estimate of drug-likeness (QED) is 0.288. The van der Waals surface area contributed by atoms with Gasteiger partial charge in [0.15, 0.2) is 0 Å². The molecule has 246 valence electrons. The molecule has 0 radical (unpaired) electrons. The summed E-state index contributed by atoms with van der Waals surface area (Å²) in [6.45, 7) is 12.5. The van der Waals surface area contributed by atoms with Gasteiger partial charge in [-0.25, -0.2) is 4.39 Å². The number of nitrogens with zero attached hydrogens (tertiary/aromatic N) is 4. The van der Waals surface area contributed by atoms with Gasteiger partial charge in [-0.1, -0.05) is 36.4 Å². The monoisotopic (exact) mass is 630 g/mol. The lowest BCUT2D eigenvalue weighted by molar-refractivity contribution is -0.143. The zero-order valence-corrected chi connectivity index (χ0v) is 27.3. The maximum Gasteiger partial charge on any atom is 0.305 e. The Hall–Kier alpha value is -3.79. The van der Waals surface area contributed by atoms with Crippen LogP contribution in [-0.4, -0.2) is 101 Å². The van der Waals surface area contributed by atoms with Gasteiger partial charge in [-0.05, 0) is 86.8 Å². The summed E-state index contributed by atoms with van der Waals surface area (Å²) < 4.78 is 18.9. The van der Waals surface area contributed by atoms with Crippen LogP contribution in [0.25, 0.3) is 0 Å². The van der Waals surface area contributed by atoms with E-state index in [0.717, 1.165) is 55.8 Å². The minimum Gasteiger partial charge on any atom is -0.508 e. The topological polar surface area (TPSA) is 76.6 Å². The van der Waals surface area contributed by atoms with Crippen LogP contribution in [0.2, 0.25) is 0 Å². The van der Waals surface area contributed by atoms with E-state index in [1.165, 1.54) is 6.07 Å². The number of piperazine rings is 2. The van der Waals surface area contributed by atoms with E-state index < -0.39 is 0 Å². The van der Waals surface area contributed by atoms with Crippen molar-refractivity contribution in [1.29, 1.82) is 0 Å². The smallest absolute Gasteiger partial charge is 0.305 e. The second-order valence-corrected chi connectivity index (χ2v) is 12.6. The van der Waals surface area contributed by atoms with Gasteiger partial charge in [-0.3, -0.25) is 24.3 Å². The summed E-state index contributed by atoms with van der Waals surface area (Å²) in [6.07, 6.45) is 1.17. The molecule has 2 fully saturated rings. The average Bonchev–Trinajstić information content (AvgIpc) is 3.04. The van der Waals surface area contributed by atoms with E-state index in [1.807, 2.05) is 54.3 Å². The van der Waals surface area contributed by atoms with Gasteiger partial charge >= 0.3 is 5.97 Å². The number of phenols is 1. The fraction of sp³-hybridized carbons (Fsp3) is 0.459. The van der Waals surface area contributed by atoms with Crippen molar-refractivity contribution in [1.82, 2.24) is 19.6 Å². The highest BCUT2D eigenvalue weighted by Gasteiger charge is 2.35. The first-order valence-electron chi connectivity index (χ1n) is 16.5. The Kier molecular flexibility index (Phi) is 11.4. The molecule has 1 amide bonds. The Morgan fingerprint density at radius 3 is 2.35 bits per heavy atom. The minimum absolute atomic E-state index is 0.0176.